The zero-order chi connectivity index (χ0) is 7.30. The van der Waals surface area contributed by atoms with Crippen LogP contribution in [0.5, 0.6) is 0 Å². The predicted octanol–water partition coefficient (Wildman–Crippen LogP) is -0.0850. The van der Waals surface area contributed by atoms with E-state index < -0.39 is 0 Å². The molecule has 2 rings (SSSR count). The van der Waals surface area contributed by atoms with Crippen molar-refractivity contribution in [1.82, 2.24) is 5.32 Å². The topological polar surface area (TPSA) is 46.2 Å². The number of imide groups is 1. The van der Waals surface area contributed by atoms with Crippen LogP contribution in [-0.2, 0) is 9.59 Å². The van der Waals surface area contributed by atoms with Gasteiger partial charge in [-0.15, -0.1) is 0 Å². The summed E-state index contributed by atoms with van der Waals surface area (Å²) in [5.74, 6) is 0.313. The van der Waals surface area contributed by atoms with Gasteiger partial charge in [0.2, 0.25) is 11.8 Å². The minimum Gasteiger partial charge on any atom is -0.296 e. The molecule has 1 saturated heterocycles. The van der Waals surface area contributed by atoms with Crippen molar-refractivity contribution < 1.29 is 9.59 Å². The number of rotatable bonds is 0. The second-order valence-electron chi connectivity index (χ2n) is 3.20. The van der Waals surface area contributed by atoms with Gasteiger partial charge in [-0.05, 0) is 12.3 Å². The molecule has 0 spiro atoms. The monoisotopic (exact) mass is 139 g/mol. The number of fused-ring (bicyclic) bond motifs is 1. The van der Waals surface area contributed by atoms with Crippen molar-refractivity contribution in [2.45, 2.75) is 13.3 Å². The first-order valence-electron chi connectivity index (χ1n) is 3.55. The lowest BCUT2D eigenvalue weighted by molar-refractivity contribution is -0.127. The molecule has 2 unspecified atom stereocenters. The van der Waals surface area contributed by atoms with Crippen molar-refractivity contribution in [3.63, 3.8) is 0 Å². The van der Waals surface area contributed by atoms with Gasteiger partial charge in [-0.25, -0.2) is 0 Å². The van der Waals surface area contributed by atoms with Gasteiger partial charge >= 0.3 is 0 Å². The highest BCUT2D eigenvalue weighted by atomic mass is 16.2. The summed E-state index contributed by atoms with van der Waals surface area (Å²) >= 11 is 0. The molecule has 1 saturated carbocycles. The number of hydrogen-bond acceptors (Lipinski definition) is 2. The van der Waals surface area contributed by atoms with Crippen molar-refractivity contribution in [2.75, 3.05) is 0 Å². The van der Waals surface area contributed by atoms with Crippen LogP contribution in [0.4, 0.5) is 0 Å². The number of carbonyl (C=O) groups excluding carboxylic acids is 2. The van der Waals surface area contributed by atoms with Gasteiger partial charge < -0.3 is 0 Å². The maximum absolute atomic E-state index is 10.9. The first-order chi connectivity index (χ1) is 4.70. The molecule has 0 aromatic carbocycles. The summed E-state index contributed by atoms with van der Waals surface area (Å²) < 4.78 is 0. The standard InChI is InChI=1S/C7H9NO2/c1-3-2-4-5(3)7(10)8-6(4)9/h3-5H,2H2,1H3,(H,8,9,10)/t3?,4-,5?/m0/s1. The SMILES string of the molecule is CC1C[C@@H]2C(=O)NC(=O)C12. The third-order valence-electron chi connectivity index (χ3n) is 2.56. The highest BCUT2D eigenvalue weighted by Gasteiger charge is 2.52. The van der Waals surface area contributed by atoms with Crippen LogP contribution in [0.2, 0.25) is 0 Å². The quantitative estimate of drug-likeness (QED) is 0.477. The normalized spacial score (nSPS) is 44.3. The second-order valence-corrected chi connectivity index (χ2v) is 3.20. The van der Waals surface area contributed by atoms with E-state index in [-0.39, 0.29) is 23.7 Å². The average Bonchev–Trinajstić information content (AvgIpc) is 2.01. The molecule has 0 aromatic rings. The Morgan fingerprint density at radius 2 is 2.10 bits per heavy atom. The van der Waals surface area contributed by atoms with Crippen LogP contribution < -0.4 is 5.32 Å². The van der Waals surface area contributed by atoms with Crippen molar-refractivity contribution in [3.05, 3.63) is 0 Å². The number of amides is 2. The molecule has 1 N–H and O–H groups in total. The van der Waals surface area contributed by atoms with E-state index in [1.807, 2.05) is 6.92 Å². The number of carbonyl (C=O) groups is 2. The lowest BCUT2D eigenvalue weighted by atomic mass is 9.67. The second kappa shape index (κ2) is 1.59. The molecule has 3 nitrogen and oxygen atoms in total. The van der Waals surface area contributed by atoms with Crippen LogP contribution >= 0.6 is 0 Å². The van der Waals surface area contributed by atoms with Crippen LogP contribution in [0.25, 0.3) is 0 Å². The third-order valence-corrected chi connectivity index (χ3v) is 2.56. The largest absolute Gasteiger partial charge is 0.296 e. The van der Waals surface area contributed by atoms with Gasteiger partial charge in [-0.2, -0.15) is 0 Å². The third kappa shape index (κ3) is 0.503. The predicted molar refractivity (Wildman–Crippen MR) is 33.9 cm³/mol. The van der Waals surface area contributed by atoms with Crippen LogP contribution in [0.1, 0.15) is 13.3 Å². The van der Waals surface area contributed by atoms with Crippen molar-refractivity contribution in [2.24, 2.45) is 17.8 Å². The van der Waals surface area contributed by atoms with Gasteiger partial charge in [0.1, 0.15) is 0 Å². The summed E-state index contributed by atoms with van der Waals surface area (Å²) in [6, 6.07) is 0. The Morgan fingerprint density at radius 3 is 2.50 bits per heavy atom. The highest BCUT2D eigenvalue weighted by molar-refractivity contribution is 6.06. The zero-order valence-corrected chi connectivity index (χ0v) is 5.76. The van der Waals surface area contributed by atoms with Crippen LogP contribution in [0.3, 0.4) is 0 Å². The average molecular weight is 139 g/mol. The molecule has 0 radical (unpaired) electrons. The van der Waals surface area contributed by atoms with Gasteiger partial charge in [-0.1, -0.05) is 6.92 Å². The molecule has 1 heterocycles. The molecule has 1 aliphatic heterocycles. The molecule has 0 bridgehead atoms. The fraction of sp³-hybridized carbons (Fsp3) is 0.714. The molecular formula is C7H9NO2. The summed E-state index contributed by atoms with van der Waals surface area (Å²) in [5, 5.41) is 2.33. The Kier molecular flexibility index (Phi) is 0.938. The number of hydrogen-bond donors (Lipinski definition) is 1. The van der Waals surface area contributed by atoms with Gasteiger partial charge in [0, 0.05) is 0 Å². The molecule has 2 amide bonds. The van der Waals surface area contributed by atoms with E-state index in [1.165, 1.54) is 0 Å². The number of nitrogens with one attached hydrogen (secondary N) is 1. The maximum atomic E-state index is 10.9. The van der Waals surface area contributed by atoms with E-state index in [9.17, 15) is 9.59 Å². The van der Waals surface area contributed by atoms with E-state index in [2.05, 4.69) is 5.32 Å². The lowest BCUT2D eigenvalue weighted by Crippen LogP contribution is -2.36. The van der Waals surface area contributed by atoms with E-state index in [1.54, 1.807) is 0 Å². The highest BCUT2D eigenvalue weighted by Crippen LogP contribution is 2.43. The minimum atomic E-state index is -0.0619. The molecule has 3 heteroatoms. The van der Waals surface area contributed by atoms with Gasteiger partial charge in [0.05, 0.1) is 11.8 Å². The van der Waals surface area contributed by atoms with E-state index in [0.717, 1.165) is 6.42 Å². The first kappa shape index (κ1) is 5.89. The Bertz CT molecular complexity index is 212. The van der Waals surface area contributed by atoms with E-state index >= 15 is 0 Å². The van der Waals surface area contributed by atoms with E-state index in [0.29, 0.717) is 5.92 Å². The van der Waals surface area contributed by atoms with Gasteiger partial charge in [0.25, 0.3) is 0 Å². The van der Waals surface area contributed by atoms with Gasteiger partial charge in [0.15, 0.2) is 0 Å². The van der Waals surface area contributed by atoms with Crippen molar-refractivity contribution >= 4 is 11.8 Å². The Morgan fingerprint density at radius 1 is 1.40 bits per heavy atom. The smallest absolute Gasteiger partial charge is 0.230 e. The molecule has 54 valence electrons. The van der Waals surface area contributed by atoms with E-state index in [4.69, 9.17) is 0 Å². The molecule has 3 atom stereocenters. The first-order valence-corrected chi connectivity index (χ1v) is 3.55. The molecule has 1 aliphatic carbocycles. The Hall–Kier alpha value is -0.860. The summed E-state index contributed by atoms with van der Waals surface area (Å²) in [6.45, 7) is 2.01. The minimum absolute atomic E-state index is 0.00694. The summed E-state index contributed by atoms with van der Waals surface area (Å²) in [6.07, 6.45) is 0.891. The Labute approximate surface area is 58.8 Å². The Balaban J connectivity index is 2.24. The van der Waals surface area contributed by atoms with Crippen molar-refractivity contribution in [3.8, 4) is 0 Å². The lowest BCUT2D eigenvalue weighted by Gasteiger charge is -2.33. The van der Waals surface area contributed by atoms with Crippen LogP contribution in [0, 0.1) is 17.8 Å². The molecule has 0 aromatic heterocycles. The molecular weight excluding hydrogens is 130 g/mol. The maximum Gasteiger partial charge on any atom is 0.230 e. The summed E-state index contributed by atoms with van der Waals surface area (Å²) in [5.41, 5.74) is 0. The zero-order valence-electron chi connectivity index (χ0n) is 5.76. The van der Waals surface area contributed by atoms with Crippen LogP contribution in [0.15, 0.2) is 0 Å². The molecule has 10 heavy (non-hydrogen) atoms. The summed E-state index contributed by atoms with van der Waals surface area (Å²) in [7, 11) is 0. The van der Waals surface area contributed by atoms with Gasteiger partial charge in [-0.3, -0.25) is 14.9 Å². The fourth-order valence-corrected chi connectivity index (χ4v) is 1.90. The molecule has 2 aliphatic rings. The van der Waals surface area contributed by atoms with Crippen molar-refractivity contribution in [1.29, 1.82) is 0 Å². The fourth-order valence-electron chi connectivity index (χ4n) is 1.90. The van der Waals surface area contributed by atoms with Crippen LogP contribution in [-0.4, -0.2) is 11.8 Å². The summed E-state index contributed by atoms with van der Waals surface area (Å²) in [4.78, 5) is 21.8. The molecule has 2 fully saturated rings.